The average Bonchev–Trinajstić information content (AvgIpc) is 3.00. The second-order valence-electron chi connectivity index (χ2n) is 7.27. The molecule has 0 saturated carbocycles. The second-order valence-corrected chi connectivity index (χ2v) is 7.27. The van der Waals surface area contributed by atoms with E-state index < -0.39 is 17.7 Å². The third kappa shape index (κ3) is 6.16. The number of benzene rings is 1. The summed E-state index contributed by atoms with van der Waals surface area (Å²) in [5.74, 6) is -1.65. The minimum absolute atomic E-state index is 0.0546. The highest BCUT2D eigenvalue weighted by atomic mass is 19.1. The highest BCUT2D eigenvalue weighted by Gasteiger charge is 2.21. The van der Waals surface area contributed by atoms with Gasteiger partial charge in [-0.25, -0.2) is 13.8 Å². The van der Waals surface area contributed by atoms with Crippen molar-refractivity contribution in [3.8, 4) is 11.3 Å². The summed E-state index contributed by atoms with van der Waals surface area (Å²) in [6.45, 7) is 7.15. The van der Waals surface area contributed by atoms with E-state index in [1.165, 1.54) is 12.3 Å². The summed E-state index contributed by atoms with van der Waals surface area (Å²) in [6.07, 6.45) is 1.56. The van der Waals surface area contributed by atoms with Crippen molar-refractivity contribution in [1.29, 1.82) is 0 Å². The molecule has 0 aliphatic heterocycles. The predicted octanol–water partition coefficient (Wildman–Crippen LogP) is 2.97. The van der Waals surface area contributed by atoms with Crippen LogP contribution >= 0.6 is 0 Å². The van der Waals surface area contributed by atoms with Crippen LogP contribution in [0.15, 0.2) is 28.8 Å². The van der Waals surface area contributed by atoms with Gasteiger partial charge in [0.1, 0.15) is 17.7 Å². The Hall–Kier alpha value is -2.77. The number of hydrogen-bond donors (Lipinski definition) is 2. The van der Waals surface area contributed by atoms with Gasteiger partial charge < -0.3 is 15.1 Å². The van der Waals surface area contributed by atoms with E-state index in [-0.39, 0.29) is 47.4 Å². The van der Waals surface area contributed by atoms with Crippen LogP contribution in [0, 0.1) is 11.6 Å². The first kappa shape index (κ1) is 20.5. The first-order valence-corrected chi connectivity index (χ1v) is 8.56. The van der Waals surface area contributed by atoms with Crippen LogP contribution < -0.4 is 10.6 Å². The molecule has 2 aromatic rings. The molecule has 1 aromatic heterocycles. The molecule has 0 saturated heterocycles. The van der Waals surface area contributed by atoms with E-state index in [1.807, 2.05) is 20.8 Å². The van der Waals surface area contributed by atoms with Crippen LogP contribution in [0.3, 0.4) is 0 Å². The number of carbonyl (C=O) groups excluding carboxylic acids is 2. The normalized spacial score (nSPS) is 12.5. The summed E-state index contributed by atoms with van der Waals surface area (Å²) in [4.78, 5) is 28.0. The van der Waals surface area contributed by atoms with Crippen LogP contribution in [-0.4, -0.2) is 28.4 Å². The number of halogens is 2. The molecule has 0 bridgehead atoms. The van der Waals surface area contributed by atoms with Crippen LogP contribution in [-0.2, 0) is 16.0 Å². The van der Waals surface area contributed by atoms with Crippen molar-refractivity contribution < 1.29 is 22.8 Å². The molecule has 0 aliphatic rings. The van der Waals surface area contributed by atoms with Crippen LogP contribution in [0.2, 0.25) is 0 Å². The molecule has 0 fully saturated rings. The highest BCUT2D eigenvalue weighted by Crippen LogP contribution is 2.24. The SMILES string of the molecule is CC(NC(=O)CCc1ncc(-c2ccc(F)cc2F)o1)C(=O)NC(C)(C)C. The molecule has 27 heavy (non-hydrogen) atoms. The number of oxazole rings is 1. The fourth-order valence-corrected chi connectivity index (χ4v) is 2.32. The fraction of sp³-hybridized carbons (Fsp3) is 0.421. The van der Waals surface area contributed by atoms with Crippen molar-refractivity contribution in [2.24, 2.45) is 0 Å². The molecular formula is C19H23F2N3O3. The Balaban J connectivity index is 1.89. The molecule has 6 nitrogen and oxygen atoms in total. The number of carbonyl (C=O) groups is 2. The van der Waals surface area contributed by atoms with Crippen molar-refractivity contribution in [1.82, 2.24) is 15.6 Å². The van der Waals surface area contributed by atoms with Crippen molar-refractivity contribution in [2.75, 3.05) is 0 Å². The number of aromatic nitrogens is 1. The lowest BCUT2D eigenvalue weighted by Gasteiger charge is -2.23. The third-order valence-corrected chi connectivity index (χ3v) is 3.59. The van der Waals surface area contributed by atoms with Crippen LogP contribution in [0.25, 0.3) is 11.3 Å². The number of nitrogens with zero attached hydrogens (tertiary/aromatic N) is 1. The first-order chi connectivity index (χ1) is 12.5. The molecule has 2 rings (SSSR count). The lowest BCUT2D eigenvalue weighted by Crippen LogP contribution is -2.50. The minimum Gasteiger partial charge on any atom is -0.441 e. The molecule has 2 amide bonds. The Bertz CT molecular complexity index is 828. The molecule has 8 heteroatoms. The Morgan fingerprint density at radius 1 is 1.26 bits per heavy atom. The number of amides is 2. The van der Waals surface area contributed by atoms with Gasteiger partial charge in [-0.2, -0.15) is 0 Å². The Morgan fingerprint density at radius 2 is 1.96 bits per heavy atom. The molecule has 1 aromatic carbocycles. The zero-order chi connectivity index (χ0) is 20.2. The van der Waals surface area contributed by atoms with E-state index in [4.69, 9.17) is 4.42 Å². The molecule has 2 N–H and O–H groups in total. The highest BCUT2D eigenvalue weighted by molar-refractivity contribution is 5.87. The number of nitrogens with one attached hydrogen (secondary N) is 2. The van der Waals surface area contributed by atoms with Gasteiger partial charge in [0.15, 0.2) is 11.7 Å². The number of hydrogen-bond acceptors (Lipinski definition) is 4. The molecule has 0 radical (unpaired) electrons. The second kappa shape index (κ2) is 8.28. The summed E-state index contributed by atoms with van der Waals surface area (Å²) in [6, 6.07) is 2.47. The van der Waals surface area contributed by atoms with Crippen molar-refractivity contribution in [3.63, 3.8) is 0 Å². The summed E-state index contributed by atoms with van der Waals surface area (Å²) < 4.78 is 32.2. The van der Waals surface area contributed by atoms with Crippen LogP contribution in [0.5, 0.6) is 0 Å². The average molecular weight is 379 g/mol. The van der Waals surface area contributed by atoms with E-state index >= 15 is 0 Å². The van der Waals surface area contributed by atoms with Crippen LogP contribution in [0.1, 0.15) is 40.0 Å². The predicted molar refractivity (Wildman–Crippen MR) is 95.7 cm³/mol. The quantitative estimate of drug-likeness (QED) is 0.808. The maximum Gasteiger partial charge on any atom is 0.242 e. The standard InChI is InChI=1S/C19H23F2N3O3/c1-11(18(26)24-19(2,3)4)23-16(25)7-8-17-22-10-15(27-17)13-6-5-12(20)9-14(13)21/h5-6,9-11H,7-8H2,1-4H3,(H,23,25)(H,24,26). The molecule has 1 heterocycles. The van der Waals surface area contributed by atoms with Gasteiger partial charge >= 0.3 is 0 Å². The maximum atomic E-state index is 13.8. The zero-order valence-corrected chi connectivity index (χ0v) is 15.7. The van der Waals surface area contributed by atoms with Crippen LogP contribution in [0.4, 0.5) is 8.78 Å². The van der Waals surface area contributed by atoms with Gasteiger partial charge in [-0.05, 0) is 39.8 Å². The van der Waals surface area contributed by atoms with E-state index in [9.17, 15) is 18.4 Å². The largest absolute Gasteiger partial charge is 0.441 e. The van der Waals surface area contributed by atoms with E-state index in [2.05, 4.69) is 15.6 Å². The van der Waals surface area contributed by atoms with Crippen molar-refractivity contribution in [3.05, 3.63) is 41.9 Å². The van der Waals surface area contributed by atoms with E-state index in [0.717, 1.165) is 12.1 Å². The summed E-state index contributed by atoms with van der Waals surface area (Å²) in [5.41, 5.74) is -0.299. The summed E-state index contributed by atoms with van der Waals surface area (Å²) in [5, 5.41) is 5.39. The van der Waals surface area contributed by atoms with E-state index in [1.54, 1.807) is 6.92 Å². The van der Waals surface area contributed by atoms with Gasteiger partial charge in [-0.3, -0.25) is 9.59 Å². The zero-order valence-electron chi connectivity index (χ0n) is 15.7. The Morgan fingerprint density at radius 3 is 2.59 bits per heavy atom. The molecular weight excluding hydrogens is 356 g/mol. The molecule has 1 atom stereocenters. The first-order valence-electron chi connectivity index (χ1n) is 8.56. The molecule has 0 aliphatic carbocycles. The topological polar surface area (TPSA) is 84.2 Å². The lowest BCUT2D eigenvalue weighted by atomic mass is 10.1. The Kier molecular flexibility index (Phi) is 6.30. The van der Waals surface area contributed by atoms with Crippen molar-refractivity contribution in [2.45, 2.75) is 52.1 Å². The maximum absolute atomic E-state index is 13.8. The van der Waals surface area contributed by atoms with Gasteiger partial charge in [0.05, 0.1) is 11.8 Å². The van der Waals surface area contributed by atoms with Gasteiger partial charge in [0, 0.05) is 24.4 Å². The monoisotopic (exact) mass is 379 g/mol. The van der Waals surface area contributed by atoms with Gasteiger partial charge in [0.2, 0.25) is 11.8 Å². The smallest absolute Gasteiger partial charge is 0.242 e. The van der Waals surface area contributed by atoms with Gasteiger partial charge in [-0.15, -0.1) is 0 Å². The van der Waals surface area contributed by atoms with Gasteiger partial charge in [-0.1, -0.05) is 0 Å². The third-order valence-electron chi connectivity index (χ3n) is 3.59. The molecule has 0 spiro atoms. The fourth-order valence-electron chi connectivity index (χ4n) is 2.32. The lowest BCUT2D eigenvalue weighted by molar-refractivity contribution is -0.129. The van der Waals surface area contributed by atoms with E-state index in [0.29, 0.717) is 0 Å². The number of rotatable bonds is 6. The summed E-state index contributed by atoms with van der Waals surface area (Å²) >= 11 is 0. The Labute approximate surface area is 156 Å². The van der Waals surface area contributed by atoms with Gasteiger partial charge in [0.25, 0.3) is 0 Å². The van der Waals surface area contributed by atoms with Crippen molar-refractivity contribution >= 4 is 11.8 Å². The number of aryl methyl sites for hydroxylation is 1. The minimum atomic E-state index is -0.755. The summed E-state index contributed by atoms with van der Waals surface area (Å²) in [7, 11) is 0. The molecule has 146 valence electrons. The molecule has 1 unspecified atom stereocenters.